The monoisotopic (exact) mass is 199 g/mol. The highest BCUT2D eigenvalue weighted by molar-refractivity contribution is 4.87. The molecule has 14 heavy (non-hydrogen) atoms. The fraction of sp³-hybridized carbons (Fsp3) is 1.00. The summed E-state index contributed by atoms with van der Waals surface area (Å²) in [6.07, 6.45) is 1.29. The van der Waals surface area contributed by atoms with Crippen LogP contribution in [0.15, 0.2) is 0 Å². The van der Waals surface area contributed by atoms with Crippen molar-refractivity contribution in [2.45, 2.75) is 31.8 Å². The van der Waals surface area contributed by atoms with Gasteiger partial charge in [-0.25, -0.2) is 0 Å². The van der Waals surface area contributed by atoms with E-state index in [0.717, 1.165) is 6.54 Å². The van der Waals surface area contributed by atoms with Crippen LogP contribution < -0.4 is 5.32 Å². The van der Waals surface area contributed by atoms with E-state index < -0.39 is 0 Å². The number of nitrogens with zero attached hydrogens (tertiary/aromatic N) is 2. The van der Waals surface area contributed by atoms with Crippen LogP contribution in [-0.4, -0.2) is 62.2 Å². The lowest BCUT2D eigenvalue weighted by Crippen LogP contribution is -2.48. The highest BCUT2D eigenvalue weighted by Gasteiger charge is 2.28. The van der Waals surface area contributed by atoms with Crippen LogP contribution in [-0.2, 0) is 0 Å². The Labute approximate surface area is 88.5 Å². The summed E-state index contributed by atoms with van der Waals surface area (Å²) in [7, 11) is 6.38. The van der Waals surface area contributed by atoms with Crippen molar-refractivity contribution >= 4 is 0 Å². The minimum atomic E-state index is 0.280. The van der Waals surface area contributed by atoms with Crippen molar-refractivity contribution < 1.29 is 0 Å². The van der Waals surface area contributed by atoms with Crippen LogP contribution in [0.1, 0.15) is 20.3 Å². The highest BCUT2D eigenvalue weighted by Crippen LogP contribution is 2.16. The second-order valence-corrected chi connectivity index (χ2v) is 5.22. The third-order valence-corrected chi connectivity index (χ3v) is 3.50. The summed E-state index contributed by atoms with van der Waals surface area (Å²) < 4.78 is 0. The molecule has 1 rings (SSSR count). The molecular formula is C11H25N3. The molecule has 0 amide bonds. The predicted octanol–water partition coefficient (Wildman–Crippen LogP) is 0.620. The first-order valence-electron chi connectivity index (χ1n) is 5.53. The molecule has 1 unspecified atom stereocenters. The van der Waals surface area contributed by atoms with E-state index in [1.807, 2.05) is 0 Å². The van der Waals surface area contributed by atoms with Crippen LogP contribution in [0.5, 0.6) is 0 Å². The second-order valence-electron chi connectivity index (χ2n) is 5.22. The molecule has 1 saturated heterocycles. The third-order valence-electron chi connectivity index (χ3n) is 3.50. The summed E-state index contributed by atoms with van der Waals surface area (Å²) in [4.78, 5) is 4.86. The largest absolute Gasteiger partial charge is 0.316 e. The maximum atomic E-state index is 3.35. The first-order valence-corrected chi connectivity index (χ1v) is 5.53. The number of nitrogens with one attached hydrogen (secondary N) is 1. The number of likely N-dealkylation sites (tertiary alicyclic amines) is 1. The highest BCUT2D eigenvalue weighted by atomic mass is 15.2. The van der Waals surface area contributed by atoms with Crippen molar-refractivity contribution in [1.29, 1.82) is 0 Å². The summed E-state index contributed by atoms with van der Waals surface area (Å²) in [6.45, 7) is 8.22. The van der Waals surface area contributed by atoms with E-state index in [1.54, 1.807) is 0 Å². The van der Waals surface area contributed by atoms with E-state index >= 15 is 0 Å². The zero-order valence-electron chi connectivity index (χ0n) is 10.3. The summed E-state index contributed by atoms with van der Waals surface area (Å²) >= 11 is 0. The normalized spacial score (nSPS) is 24.9. The lowest BCUT2D eigenvalue weighted by Gasteiger charge is -2.36. The van der Waals surface area contributed by atoms with Crippen LogP contribution in [0, 0.1) is 0 Å². The average molecular weight is 199 g/mol. The maximum Gasteiger partial charge on any atom is 0.0274 e. The number of likely N-dealkylation sites (N-methyl/N-ethyl adjacent to an activating group) is 2. The molecule has 0 aliphatic carbocycles. The fourth-order valence-electron chi connectivity index (χ4n) is 1.90. The molecule has 1 N–H and O–H groups in total. The molecule has 1 atom stereocenters. The zero-order chi connectivity index (χ0) is 10.8. The molecule has 0 saturated carbocycles. The van der Waals surface area contributed by atoms with Crippen LogP contribution >= 0.6 is 0 Å². The molecule has 0 aromatic rings. The molecule has 1 aliphatic rings. The third kappa shape index (κ3) is 2.94. The van der Waals surface area contributed by atoms with Gasteiger partial charge in [0, 0.05) is 24.7 Å². The Morgan fingerprint density at radius 1 is 1.43 bits per heavy atom. The van der Waals surface area contributed by atoms with Gasteiger partial charge in [-0.2, -0.15) is 0 Å². The molecule has 0 aromatic heterocycles. The quantitative estimate of drug-likeness (QED) is 0.716. The van der Waals surface area contributed by atoms with Crippen LogP contribution in [0.25, 0.3) is 0 Å². The summed E-state index contributed by atoms with van der Waals surface area (Å²) in [5.41, 5.74) is 0.280. The van der Waals surface area contributed by atoms with Gasteiger partial charge in [-0.05, 0) is 48.0 Å². The molecule has 0 aromatic carbocycles. The number of hydrogen-bond donors (Lipinski definition) is 1. The summed E-state index contributed by atoms with van der Waals surface area (Å²) in [5.74, 6) is 0. The van der Waals surface area contributed by atoms with Crippen LogP contribution in [0.3, 0.4) is 0 Å². The maximum absolute atomic E-state index is 3.35. The lowest BCUT2D eigenvalue weighted by atomic mass is 10.0. The standard InChI is InChI=1S/C11H25N3/c1-11(2,13(4)5)9-14-7-6-10(8-14)12-3/h10,12H,6-9H2,1-5H3. The van der Waals surface area contributed by atoms with Gasteiger partial charge in [-0.1, -0.05) is 0 Å². The van der Waals surface area contributed by atoms with E-state index in [-0.39, 0.29) is 5.54 Å². The second kappa shape index (κ2) is 4.60. The SMILES string of the molecule is CNC1CCN(CC(C)(C)N(C)C)C1. The first kappa shape index (κ1) is 12.0. The van der Waals surface area contributed by atoms with Gasteiger partial charge in [0.1, 0.15) is 0 Å². The summed E-state index contributed by atoms with van der Waals surface area (Å²) in [6, 6.07) is 0.702. The van der Waals surface area contributed by atoms with Gasteiger partial charge in [0.05, 0.1) is 0 Å². The van der Waals surface area contributed by atoms with E-state index in [0.29, 0.717) is 6.04 Å². The van der Waals surface area contributed by atoms with Gasteiger partial charge >= 0.3 is 0 Å². The molecule has 3 heteroatoms. The molecule has 0 spiro atoms. The van der Waals surface area contributed by atoms with Crippen molar-refractivity contribution in [3.05, 3.63) is 0 Å². The number of rotatable bonds is 4. The van der Waals surface area contributed by atoms with Crippen molar-refractivity contribution in [1.82, 2.24) is 15.1 Å². The van der Waals surface area contributed by atoms with E-state index in [4.69, 9.17) is 0 Å². The van der Waals surface area contributed by atoms with E-state index in [9.17, 15) is 0 Å². The van der Waals surface area contributed by atoms with Gasteiger partial charge in [0.25, 0.3) is 0 Å². The Hall–Kier alpha value is -0.120. The Kier molecular flexibility index (Phi) is 3.93. The zero-order valence-corrected chi connectivity index (χ0v) is 10.3. The van der Waals surface area contributed by atoms with E-state index in [2.05, 4.69) is 50.1 Å². The first-order chi connectivity index (χ1) is 6.45. The Balaban J connectivity index is 2.39. The minimum Gasteiger partial charge on any atom is -0.316 e. The average Bonchev–Trinajstić information content (AvgIpc) is 2.51. The molecule has 3 nitrogen and oxygen atoms in total. The predicted molar refractivity (Wildman–Crippen MR) is 61.7 cm³/mol. The summed E-state index contributed by atoms with van der Waals surface area (Å²) in [5, 5.41) is 3.35. The molecule has 84 valence electrons. The Morgan fingerprint density at radius 3 is 2.50 bits per heavy atom. The van der Waals surface area contributed by atoms with Crippen molar-refractivity contribution in [2.75, 3.05) is 40.8 Å². The van der Waals surface area contributed by atoms with Crippen LogP contribution in [0.2, 0.25) is 0 Å². The fourth-order valence-corrected chi connectivity index (χ4v) is 1.90. The van der Waals surface area contributed by atoms with E-state index in [1.165, 1.54) is 19.5 Å². The molecule has 1 aliphatic heterocycles. The van der Waals surface area contributed by atoms with Crippen molar-refractivity contribution in [3.63, 3.8) is 0 Å². The van der Waals surface area contributed by atoms with Crippen molar-refractivity contribution in [3.8, 4) is 0 Å². The smallest absolute Gasteiger partial charge is 0.0274 e. The van der Waals surface area contributed by atoms with Gasteiger partial charge in [0.15, 0.2) is 0 Å². The molecule has 0 bridgehead atoms. The lowest BCUT2D eigenvalue weighted by molar-refractivity contribution is 0.132. The minimum absolute atomic E-state index is 0.280. The van der Waals surface area contributed by atoms with Gasteiger partial charge < -0.3 is 10.2 Å². The van der Waals surface area contributed by atoms with Gasteiger partial charge in [-0.15, -0.1) is 0 Å². The topological polar surface area (TPSA) is 18.5 Å². The molecular weight excluding hydrogens is 174 g/mol. The molecule has 1 heterocycles. The molecule has 0 radical (unpaired) electrons. The Bertz CT molecular complexity index is 177. The van der Waals surface area contributed by atoms with Gasteiger partial charge in [-0.3, -0.25) is 4.90 Å². The number of hydrogen-bond acceptors (Lipinski definition) is 3. The Morgan fingerprint density at radius 2 is 2.07 bits per heavy atom. The molecule has 1 fully saturated rings. The van der Waals surface area contributed by atoms with Gasteiger partial charge in [0.2, 0.25) is 0 Å². The van der Waals surface area contributed by atoms with Crippen molar-refractivity contribution in [2.24, 2.45) is 0 Å². The van der Waals surface area contributed by atoms with Crippen LogP contribution in [0.4, 0.5) is 0 Å².